The van der Waals surface area contributed by atoms with Crippen LogP contribution in [0.25, 0.3) is 0 Å². The van der Waals surface area contributed by atoms with E-state index < -0.39 is 5.92 Å². The molecule has 0 radical (unpaired) electrons. The van der Waals surface area contributed by atoms with Crippen molar-refractivity contribution in [1.82, 2.24) is 10.6 Å². The van der Waals surface area contributed by atoms with Crippen molar-refractivity contribution in [1.29, 1.82) is 0 Å². The molecule has 0 spiro atoms. The molecule has 3 N–H and O–H groups in total. The van der Waals surface area contributed by atoms with Crippen LogP contribution in [0.15, 0.2) is 48.5 Å². The van der Waals surface area contributed by atoms with Gasteiger partial charge in [0.25, 0.3) is 0 Å². The summed E-state index contributed by atoms with van der Waals surface area (Å²) in [5, 5.41) is 8.99. The number of hydrogen-bond donors (Lipinski definition) is 3. The van der Waals surface area contributed by atoms with Gasteiger partial charge in [-0.15, -0.1) is 0 Å². The average molecular weight is 429 g/mol. The van der Waals surface area contributed by atoms with Gasteiger partial charge in [-0.05, 0) is 55.8 Å². The van der Waals surface area contributed by atoms with E-state index in [9.17, 15) is 14.4 Å². The normalized spacial score (nSPS) is 15.9. The SMILES string of the molecule is CC(C)NC(=O)Nc1ccc(CNC(=O)C2CC(=O)N(c3ccc(Cl)cc3)C2)cc1. The van der Waals surface area contributed by atoms with Crippen molar-refractivity contribution < 1.29 is 14.4 Å². The van der Waals surface area contributed by atoms with Crippen LogP contribution in [-0.4, -0.2) is 30.4 Å². The standard InChI is InChI=1S/C22H25ClN4O3/c1-14(2)25-22(30)26-18-7-3-15(4-8-18)12-24-21(29)16-11-20(28)27(13-16)19-9-5-17(23)6-10-19/h3-10,14,16H,11-13H2,1-2H3,(H,24,29)(H2,25,26,30). The minimum absolute atomic E-state index is 0.0533. The van der Waals surface area contributed by atoms with Gasteiger partial charge in [-0.2, -0.15) is 0 Å². The Labute approximate surface area is 180 Å². The van der Waals surface area contributed by atoms with Crippen molar-refractivity contribution in [3.63, 3.8) is 0 Å². The van der Waals surface area contributed by atoms with E-state index in [2.05, 4.69) is 16.0 Å². The quantitative estimate of drug-likeness (QED) is 0.657. The lowest BCUT2D eigenvalue weighted by atomic mass is 10.1. The third-order valence-corrected chi connectivity index (χ3v) is 4.98. The van der Waals surface area contributed by atoms with Gasteiger partial charge in [0.15, 0.2) is 0 Å². The predicted molar refractivity (Wildman–Crippen MR) is 117 cm³/mol. The smallest absolute Gasteiger partial charge is 0.319 e. The van der Waals surface area contributed by atoms with Crippen LogP contribution >= 0.6 is 11.6 Å². The van der Waals surface area contributed by atoms with Crippen molar-refractivity contribution in [2.75, 3.05) is 16.8 Å². The van der Waals surface area contributed by atoms with Crippen molar-refractivity contribution in [2.45, 2.75) is 32.9 Å². The highest BCUT2D eigenvalue weighted by molar-refractivity contribution is 6.30. The Morgan fingerprint density at radius 3 is 2.40 bits per heavy atom. The zero-order valence-electron chi connectivity index (χ0n) is 16.9. The highest BCUT2D eigenvalue weighted by Gasteiger charge is 2.34. The Kier molecular flexibility index (Phi) is 6.95. The van der Waals surface area contributed by atoms with Gasteiger partial charge >= 0.3 is 6.03 Å². The van der Waals surface area contributed by atoms with Crippen LogP contribution in [0.2, 0.25) is 5.02 Å². The van der Waals surface area contributed by atoms with E-state index in [-0.39, 0.29) is 30.3 Å². The van der Waals surface area contributed by atoms with Gasteiger partial charge in [-0.25, -0.2) is 4.79 Å². The van der Waals surface area contributed by atoms with E-state index in [4.69, 9.17) is 11.6 Å². The zero-order valence-corrected chi connectivity index (χ0v) is 17.7. The lowest BCUT2D eigenvalue weighted by Crippen LogP contribution is -2.34. The molecule has 1 heterocycles. The van der Waals surface area contributed by atoms with E-state index in [1.165, 1.54) is 0 Å². The number of nitrogens with one attached hydrogen (secondary N) is 3. The summed E-state index contributed by atoms with van der Waals surface area (Å²) in [5.74, 6) is -0.625. The number of urea groups is 1. The number of rotatable bonds is 6. The van der Waals surface area contributed by atoms with Crippen LogP contribution in [-0.2, 0) is 16.1 Å². The Balaban J connectivity index is 1.50. The fourth-order valence-electron chi connectivity index (χ4n) is 3.22. The molecule has 1 atom stereocenters. The van der Waals surface area contributed by atoms with Crippen LogP contribution in [0.1, 0.15) is 25.8 Å². The summed E-state index contributed by atoms with van der Waals surface area (Å²) in [7, 11) is 0. The first-order chi connectivity index (χ1) is 14.3. The van der Waals surface area contributed by atoms with Crippen LogP contribution in [0.3, 0.4) is 0 Å². The molecule has 2 aromatic rings. The third kappa shape index (κ3) is 5.73. The van der Waals surface area contributed by atoms with Gasteiger partial charge in [-0.1, -0.05) is 23.7 Å². The summed E-state index contributed by atoms with van der Waals surface area (Å²) >= 11 is 5.90. The second-order valence-electron chi connectivity index (χ2n) is 7.55. The highest BCUT2D eigenvalue weighted by atomic mass is 35.5. The maximum Gasteiger partial charge on any atom is 0.319 e. The first-order valence-electron chi connectivity index (χ1n) is 9.82. The van der Waals surface area contributed by atoms with Gasteiger partial charge < -0.3 is 20.9 Å². The second-order valence-corrected chi connectivity index (χ2v) is 7.99. The first-order valence-corrected chi connectivity index (χ1v) is 10.2. The van der Waals surface area contributed by atoms with Crippen molar-refractivity contribution in [3.8, 4) is 0 Å². The van der Waals surface area contributed by atoms with Crippen LogP contribution in [0.5, 0.6) is 0 Å². The van der Waals surface area contributed by atoms with Crippen molar-refractivity contribution in [3.05, 3.63) is 59.1 Å². The van der Waals surface area contributed by atoms with E-state index in [0.29, 0.717) is 23.8 Å². The molecule has 8 heteroatoms. The number of carbonyl (C=O) groups is 3. The summed E-state index contributed by atoms with van der Waals surface area (Å²) in [6.07, 6.45) is 0.183. The molecule has 1 aliphatic rings. The Morgan fingerprint density at radius 2 is 1.77 bits per heavy atom. The summed E-state index contributed by atoms with van der Waals surface area (Å²) in [5.41, 5.74) is 2.31. The topological polar surface area (TPSA) is 90.5 Å². The maximum atomic E-state index is 12.5. The van der Waals surface area contributed by atoms with Crippen LogP contribution in [0, 0.1) is 5.92 Å². The summed E-state index contributed by atoms with van der Waals surface area (Å²) < 4.78 is 0. The molecule has 0 aromatic heterocycles. The molecular formula is C22H25ClN4O3. The number of anilines is 2. The number of nitrogens with zero attached hydrogens (tertiary/aromatic N) is 1. The number of benzene rings is 2. The number of halogens is 1. The molecule has 1 aliphatic heterocycles. The maximum absolute atomic E-state index is 12.5. The third-order valence-electron chi connectivity index (χ3n) is 4.73. The highest BCUT2D eigenvalue weighted by Crippen LogP contribution is 2.26. The molecule has 1 unspecified atom stereocenters. The fourth-order valence-corrected chi connectivity index (χ4v) is 3.35. The minimum atomic E-state index is -0.395. The van der Waals surface area contributed by atoms with Gasteiger partial charge in [0.1, 0.15) is 0 Å². The molecule has 0 bridgehead atoms. The molecular weight excluding hydrogens is 404 g/mol. The Morgan fingerprint density at radius 1 is 1.10 bits per heavy atom. The number of carbonyl (C=O) groups excluding carboxylic acids is 3. The number of amides is 4. The van der Waals surface area contributed by atoms with E-state index >= 15 is 0 Å². The molecule has 1 saturated heterocycles. The Hall–Kier alpha value is -3.06. The van der Waals surface area contributed by atoms with Crippen LogP contribution in [0.4, 0.5) is 16.2 Å². The lowest BCUT2D eigenvalue weighted by Gasteiger charge is -2.17. The first kappa shape index (κ1) is 21.6. The average Bonchev–Trinajstić information content (AvgIpc) is 3.09. The largest absolute Gasteiger partial charge is 0.352 e. The Bertz CT molecular complexity index is 913. The molecule has 2 aromatic carbocycles. The van der Waals surface area contributed by atoms with Crippen molar-refractivity contribution >= 4 is 40.8 Å². The molecule has 7 nitrogen and oxygen atoms in total. The lowest BCUT2D eigenvalue weighted by molar-refractivity contribution is -0.126. The van der Waals surface area contributed by atoms with Gasteiger partial charge in [0.05, 0.1) is 5.92 Å². The number of hydrogen-bond acceptors (Lipinski definition) is 3. The van der Waals surface area contributed by atoms with Gasteiger partial charge in [-0.3, -0.25) is 9.59 Å². The van der Waals surface area contributed by atoms with E-state index in [1.54, 1.807) is 41.3 Å². The van der Waals surface area contributed by atoms with E-state index in [1.807, 2.05) is 26.0 Å². The molecule has 0 aliphatic carbocycles. The molecule has 30 heavy (non-hydrogen) atoms. The summed E-state index contributed by atoms with van der Waals surface area (Å²) in [6.45, 7) is 4.47. The zero-order chi connectivity index (χ0) is 21.7. The molecule has 158 valence electrons. The van der Waals surface area contributed by atoms with E-state index in [0.717, 1.165) is 11.3 Å². The molecule has 3 rings (SSSR count). The van der Waals surface area contributed by atoms with Crippen LogP contribution < -0.4 is 20.9 Å². The monoisotopic (exact) mass is 428 g/mol. The molecule has 1 fully saturated rings. The predicted octanol–water partition coefficient (Wildman–Crippen LogP) is 3.54. The summed E-state index contributed by atoms with van der Waals surface area (Å²) in [4.78, 5) is 38.2. The fraction of sp³-hybridized carbons (Fsp3) is 0.318. The van der Waals surface area contributed by atoms with Crippen molar-refractivity contribution in [2.24, 2.45) is 5.92 Å². The molecule has 0 saturated carbocycles. The summed E-state index contributed by atoms with van der Waals surface area (Å²) in [6, 6.07) is 14.0. The second kappa shape index (κ2) is 9.63. The molecule has 4 amide bonds. The van der Waals surface area contributed by atoms with Gasteiger partial charge in [0, 0.05) is 41.9 Å². The van der Waals surface area contributed by atoms with Gasteiger partial charge in [0.2, 0.25) is 11.8 Å². The minimum Gasteiger partial charge on any atom is -0.352 e.